The second kappa shape index (κ2) is 6.31. The molecule has 0 bridgehead atoms. The van der Waals surface area contributed by atoms with E-state index in [-0.39, 0.29) is 17.1 Å². The highest BCUT2D eigenvalue weighted by Gasteiger charge is 2.22. The number of rotatable bonds is 5. The number of nitriles is 1. The van der Waals surface area contributed by atoms with E-state index in [1.165, 1.54) is 31.2 Å². The summed E-state index contributed by atoms with van der Waals surface area (Å²) in [5, 5.41) is 8.73. The second-order valence-electron chi connectivity index (χ2n) is 3.73. The number of esters is 1. The Morgan fingerprint density at radius 3 is 2.79 bits per heavy atom. The summed E-state index contributed by atoms with van der Waals surface area (Å²) >= 11 is 0. The predicted octanol–water partition coefficient (Wildman–Crippen LogP) is 0.788. The van der Waals surface area contributed by atoms with Crippen molar-refractivity contribution >= 4 is 16.0 Å². The molecule has 1 rings (SSSR count). The first-order chi connectivity index (χ1) is 8.90. The number of ether oxygens (including phenoxy) is 1. The number of carbonyl (C=O) groups excluding carboxylic acids is 1. The van der Waals surface area contributed by atoms with E-state index in [2.05, 4.69) is 4.72 Å². The van der Waals surface area contributed by atoms with Crippen molar-refractivity contribution in [3.63, 3.8) is 0 Å². The molecule has 0 saturated carbocycles. The van der Waals surface area contributed by atoms with Crippen LogP contribution in [0.4, 0.5) is 0 Å². The van der Waals surface area contributed by atoms with Crippen LogP contribution in [0.15, 0.2) is 29.2 Å². The molecule has 0 aliphatic carbocycles. The summed E-state index contributed by atoms with van der Waals surface area (Å²) in [5.41, 5.74) is 0.228. The van der Waals surface area contributed by atoms with Gasteiger partial charge >= 0.3 is 5.97 Å². The van der Waals surface area contributed by atoms with Crippen LogP contribution in [0.5, 0.6) is 0 Å². The number of nitrogens with zero attached hydrogens (tertiary/aromatic N) is 1. The van der Waals surface area contributed by atoms with Crippen LogP contribution in [0, 0.1) is 11.3 Å². The Hall–Kier alpha value is -1.91. The quantitative estimate of drug-likeness (QED) is 0.805. The zero-order valence-electron chi connectivity index (χ0n) is 10.6. The van der Waals surface area contributed by atoms with Crippen molar-refractivity contribution in [3.8, 4) is 6.07 Å². The number of sulfonamides is 1. The average Bonchev–Trinajstić information content (AvgIpc) is 2.38. The fourth-order valence-corrected chi connectivity index (χ4v) is 2.59. The fourth-order valence-electron chi connectivity index (χ4n) is 1.35. The molecule has 0 saturated heterocycles. The lowest BCUT2D eigenvalue weighted by molar-refractivity contribution is -0.144. The first kappa shape index (κ1) is 15.1. The minimum absolute atomic E-state index is 0.0669. The first-order valence-electron chi connectivity index (χ1n) is 5.60. The molecular weight excluding hydrogens is 268 g/mol. The Balaban J connectivity index is 2.93. The van der Waals surface area contributed by atoms with Gasteiger partial charge in [0.15, 0.2) is 0 Å². The van der Waals surface area contributed by atoms with Crippen LogP contribution < -0.4 is 4.72 Å². The molecule has 0 fully saturated rings. The van der Waals surface area contributed by atoms with E-state index in [0.29, 0.717) is 0 Å². The summed E-state index contributed by atoms with van der Waals surface area (Å²) in [6, 6.07) is 6.40. The third kappa shape index (κ3) is 4.05. The van der Waals surface area contributed by atoms with E-state index in [4.69, 9.17) is 10.00 Å². The fraction of sp³-hybridized carbons (Fsp3) is 0.333. The van der Waals surface area contributed by atoms with Gasteiger partial charge in [0.1, 0.15) is 6.04 Å². The highest BCUT2D eigenvalue weighted by Crippen LogP contribution is 2.11. The minimum Gasteiger partial charge on any atom is -0.465 e. The normalized spacial score (nSPS) is 12.5. The number of carbonyl (C=O) groups is 1. The number of benzene rings is 1. The zero-order valence-corrected chi connectivity index (χ0v) is 11.4. The Bertz CT molecular complexity index is 604. The number of hydrogen-bond donors (Lipinski definition) is 1. The van der Waals surface area contributed by atoms with Gasteiger partial charge in [-0.25, -0.2) is 8.42 Å². The van der Waals surface area contributed by atoms with Crippen LogP contribution in [0.3, 0.4) is 0 Å². The Morgan fingerprint density at radius 2 is 2.21 bits per heavy atom. The molecule has 1 aromatic rings. The van der Waals surface area contributed by atoms with Crippen LogP contribution in [0.25, 0.3) is 0 Å². The van der Waals surface area contributed by atoms with Crippen molar-refractivity contribution in [1.29, 1.82) is 5.26 Å². The van der Waals surface area contributed by atoms with Crippen molar-refractivity contribution < 1.29 is 17.9 Å². The zero-order chi connectivity index (χ0) is 14.5. The number of hydrogen-bond acceptors (Lipinski definition) is 5. The van der Waals surface area contributed by atoms with Gasteiger partial charge in [-0.1, -0.05) is 6.07 Å². The molecule has 6 nitrogen and oxygen atoms in total. The van der Waals surface area contributed by atoms with Gasteiger partial charge in [-0.3, -0.25) is 4.79 Å². The van der Waals surface area contributed by atoms with Gasteiger partial charge in [-0.15, -0.1) is 0 Å². The molecule has 0 heterocycles. The highest BCUT2D eigenvalue weighted by atomic mass is 32.2. The summed E-state index contributed by atoms with van der Waals surface area (Å²) in [5.74, 6) is -0.650. The first-order valence-corrected chi connectivity index (χ1v) is 7.08. The van der Waals surface area contributed by atoms with E-state index >= 15 is 0 Å². The van der Waals surface area contributed by atoms with Crippen LogP contribution in [0.1, 0.15) is 19.4 Å². The van der Waals surface area contributed by atoms with Crippen molar-refractivity contribution in [1.82, 2.24) is 4.72 Å². The predicted molar refractivity (Wildman–Crippen MR) is 67.6 cm³/mol. The van der Waals surface area contributed by atoms with Gasteiger partial charge in [-0.05, 0) is 32.0 Å². The van der Waals surface area contributed by atoms with Gasteiger partial charge in [0.05, 0.1) is 23.1 Å². The lowest BCUT2D eigenvalue weighted by Gasteiger charge is -2.13. The van der Waals surface area contributed by atoms with Crippen molar-refractivity contribution in [2.24, 2.45) is 0 Å². The Morgan fingerprint density at radius 1 is 1.53 bits per heavy atom. The molecule has 0 aliphatic rings. The van der Waals surface area contributed by atoms with Crippen molar-refractivity contribution in [2.75, 3.05) is 6.61 Å². The third-order valence-corrected chi connectivity index (χ3v) is 3.78. The van der Waals surface area contributed by atoms with Crippen LogP contribution in [0.2, 0.25) is 0 Å². The summed E-state index contributed by atoms with van der Waals surface area (Å²) < 4.78 is 30.9. The maximum Gasteiger partial charge on any atom is 0.323 e. The smallest absolute Gasteiger partial charge is 0.323 e. The van der Waals surface area contributed by atoms with Crippen LogP contribution in [-0.4, -0.2) is 27.0 Å². The average molecular weight is 282 g/mol. The topological polar surface area (TPSA) is 96.3 Å². The maximum atomic E-state index is 12.0. The standard InChI is InChI=1S/C12H14N2O4S/c1-3-18-12(15)9(2)14-19(16,17)11-6-4-5-10(7-11)8-13/h4-7,9,14H,3H2,1-2H3. The molecule has 0 aromatic heterocycles. The largest absolute Gasteiger partial charge is 0.465 e. The lowest BCUT2D eigenvalue weighted by Crippen LogP contribution is -2.39. The molecule has 7 heteroatoms. The SMILES string of the molecule is CCOC(=O)C(C)NS(=O)(=O)c1cccc(C#N)c1. The molecule has 0 spiro atoms. The second-order valence-corrected chi connectivity index (χ2v) is 5.45. The van der Waals surface area contributed by atoms with E-state index in [9.17, 15) is 13.2 Å². The van der Waals surface area contributed by atoms with Crippen molar-refractivity contribution in [3.05, 3.63) is 29.8 Å². The molecule has 1 unspecified atom stereocenters. The van der Waals surface area contributed by atoms with Crippen molar-refractivity contribution in [2.45, 2.75) is 24.8 Å². The molecule has 1 aromatic carbocycles. The van der Waals surface area contributed by atoms with E-state index in [1.54, 1.807) is 6.92 Å². The van der Waals surface area contributed by atoms with E-state index < -0.39 is 22.0 Å². The van der Waals surface area contributed by atoms with Gasteiger partial charge in [0.25, 0.3) is 0 Å². The lowest BCUT2D eigenvalue weighted by atomic mass is 10.2. The van der Waals surface area contributed by atoms with E-state index in [0.717, 1.165) is 0 Å². The molecule has 0 radical (unpaired) electrons. The molecule has 0 amide bonds. The van der Waals surface area contributed by atoms with E-state index in [1.807, 2.05) is 6.07 Å². The summed E-state index contributed by atoms with van der Waals surface area (Å²) in [6.45, 7) is 3.20. The molecule has 19 heavy (non-hydrogen) atoms. The van der Waals surface area contributed by atoms with Gasteiger partial charge < -0.3 is 4.74 Å². The summed E-state index contributed by atoms with van der Waals surface area (Å²) in [7, 11) is -3.86. The van der Waals surface area contributed by atoms with Gasteiger partial charge in [-0.2, -0.15) is 9.98 Å². The van der Waals surface area contributed by atoms with Crippen LogP contribution >= 0.6 is 0 Å². The Kier molecular flexibility index (Phi) is 5.03. The monoisotopic (exact) mass is 282 g/mol. The summed E-state index contributed by atoms with van der Waals surface area (Å²) in [4.78, 5) is 11.3. The third-order valence-electron chi connectivity index (χ3n) is 2.25. The van der Waals surface area contributed by atoms with Gasteiger partial charge in [0, 0.05) is 0 Å². The molecular formula is C12H14N2O4S. The Labute approximate surface area is 112 Å². The van der Waals surface area contributed by atoms with Crippen LogP contribution in [-0.2, 0) is 19.6 Å². The number of nitrogens with one attached hydrogen (secondary N) is 1. The molecule has 102 valence electrons. The molecule has 1 N–H and O–H groups in total. The highest BCUT2D eigenvalue weighted by molar-refractivity contribution is 7.89. The maximum absolute atomic E-state index is 12.0. The minimum atomic E-state index is -3.86. The summed E-state index contributed by atoms with van der Waals surface area (Å²) in [6.07, 6.45) is 0. The molecule has 1 atom stereocenters. The van der Waals surface area contributed by atoms with Gasteiger partial charge in [0.2, 0.25) is 10.0 Å². The molecule has 0 aliphatic heterocycles.